The fourth-order valence-corrected chi connectivity index (χ4v) is 2.92. The number of anilines is 1. The summed E-state index contributed by atoms with van der Waals surface area (Å²) >= 11 is 4.85. The molecular formula is C18H20BrNOS. The van der Waals surface area contributed by atoms with E-state index in [2.05, 4.69) is 66.3 Å². The van der Waals surface area contributed by atoms with Gasteiger partial charge in [0.05, 0.1) is 5.33 Å². The lowest BCUT2D eigenvalue weighted by molar-refractivity contribution is -0.113. The number of halogens is 1. The normalized spacial score (nSPS) is 11.3. The molecule has 2 aromatic rings. The van der Waals surface area contributed by atoms with Gasteiger partial charge in [-0.2, -0.15) is 0 Å². The van der Waals surface area contributed by atoms with Gasteiger partial charge in [-0.15, -0.1) is 0 Å². The van der Waals surface area contributed by atoms with E-state index in [9.17, 15) is 4.79 Å². The van der Waals surface area contributed by atoms with E-state index in [0.29, 0.717) is 5.33 Å². The van der Waals surface area contributed by atoms with Crippen molar-refractivity contribution in [1.82, 2.24) is 0 Å². The number of hydrogen-bond donors (Lipinski definition) is 1. The summed E-state index contributed by atoms with van der Waals surface area (Å²) in [7, 11) is 0. The molecule has 4 heteroatoms. The standard InChI is InChI=1S/C18H20BrNOS/c1-18(2,3)13-4-8-15(9-5-13)22-16-10-6-14(7-11-16)20-17(21)12-19/h4-11H,12H2,1-3H3,(H,20,21). The average molecular weight is 378 g/mol. The van der Waals surface area contributed by atoms with Crippen LogP contribution < -0.4 is 5.32 Å². The van der Waals surface area contributed by atoms with Crippen molar-refractivity contribution in [3.05, 3.63) is 54.1 Å². The third kappa shape index (κ3) is 4.89. The van der Waals surface area contributed by atoms with Gasteiger partial charge in [-0.05, 0) is 47.4 Å². The van der Waals surface area contributed by atoms with E-state index >= 15 is 0 Å². The van der Waals surface area contributed by atoms with Crippen molar-refractivity contribution in [3.8, 4) is 0 Å². The molecule has 22 heavy (non-hydrogen) atoms. The van der Waals surface area contributed by atoms with Gasteiger partial charge < -0.3 is 5.32 Å². The minimum Gasteiger partial charge on any atom is -0.325 e. The Balaban J connectivity index is 2.03. The molecule has 0 aromatic heterocycles. The zero-order valence-corrected chi connectivity index (χ0v) is 15.4. The van der Waals surface area contributed by atoms with Gasteiger partial charge in [-0.1, -0.05) is 60.6 Å². The molecule has 2 nitrogen and oxygen atoms in total. The third-order valence-electron chi connectivity index (χ3n) is 3.22. The summed E-state index contributed by atoms with van der Waals surface area (Å²) in [5.74, 6) is -0.0434. The smallest absolute Gasteiger partial charge is 0.235 e. The molecule has 0 aliphatic carbocycles. The van der Waals surface area contributed by atoms with Crippen LogP contribution in [-0.4, -0.2) is 11.2 Å². The third-order valence-corrected chi connectivity index (χ3v) is 4.74. The summed E-state index contributed by atoms with van der Waals surface area (Å²) in [6.07, 6.45) is 0. The highest BCUT2D eigenvalue weighted by Gasteiger charge is 2.12. The second kappa shape index (κ2) is 7.34. The lowest BCUT2D eigenvalue weighted by atomic mass is 9.87. The Kier molecular flexibility index (Phi) is 5.70. The van der Waals surface area contributed by atoms with Crippen LogP contribution in [-0.2, 0) is 10.2 Å². The molecule has 116 valence electrons. The number of alkyl halides is 1. The number of benzene rings is 2. The van der Waals surface area contributed by atoms with Crippen LogP contribution in [0.25, 0.3) is 0 Å². The van der Waals surface area contributed by atoms with Gasteiger partial charge in [0.25, 0.3) is 0 Å². The van der Waals surface area contributed by atoms with Gasteiger partial charge in [0, 0.05) is 15.5 Å². The lowest BCUT2D eigenvalue weighted by Crippen LogP contribution is -2.11. The Morgan fingerprint density at radius 3 is 1.95 bits per heavy atom. The first-order valence-corrected chi connectivity index (χ1v) is 9.06. The van der Waals surface area contributed by atoms with Crippen LogP contribution in [0.4, 0.5) is 5.69 Å². The van der Waals surface area contributed by atoms with E-state index < -0.39 is 0 Å². The summed E-state index contributed by atoms with van der Waals surface area (Å²) < 4.78 is 0. The monoisotopic (exact) mass is 377 g/mol. The Bertz CT molecular complexity index is 630. The first-order chi connectivity index (χ1) is 10.4. The maximum absolute atomic E-state index is 11.3. The Labute approximate surface area is 144 Å². The van der Waals surface area contributed by atoms with Crippen molar-refractivity contribution in [2.75, 3.05) is 10.6 Å². The molecule has 0 atom stereocenters. The van der Waals surface area contributed by atoms with Crippen molar-refractivity contribution in [1.29, 1.82) is 0 Å². The summed E-state index contributed by atoms with van der Waals surface area (Å²) in [6, 6.07) is 16.6. The van der Waals surface area contributed by atoms with Crippen molar-refractivity contribution < 1.29 is 4.79 Å². The number of rotatable bonds is 4. The number of carbonyl (C=O) groups is 1. The number of carbonyl (C=O) groups excluding carboxylic acids is 1. The highest BCUT2D eigenvalue weighted by atomic mass is 79.9. The Hall–Kier alpha value is -1.26. The first-order valence-electron chi connectivity index (χ1n) is 7.13. The van der Waals surface area contributed by atoms with Crippen molar-refractivity contribution in [2.24, 2.45) is 0 Å². The molecule has 0 saturated carbocycles. The van der Waals surface area contributed by atoms with Gasteiger partial charge in [-0.25, -0.2) is 0 Å². The molecule has 0 unspecified atom stereocenters. The SMILES string of the molecule is CC(C)(C)c1ccc(Sc2ccc(NC(=O)CBr)cc2)cc1. The maximum atomic E-state index is 11.3. The predicted octanol–water partition coefficient (Wildman–Crippen LogP) is 5.47. The van der Waals surface area contributed by atoms with E-state index in [0.717, 1.165) is 10.6 Å². The van der Waals surface area contributed by atoms with Crippen LogP contribution in [0, 0.1) is 0 Å². The van der Waals surface area contributed by atoms with Crippen LogP contribution in [0.5, 0.6) is 0 Å². The summed E-state index contributed by atoms with van der Waals surface area (Å²) in [4.78, 5) is 13.7. The van der Waals surface area contributed by atoms with Gasteiger partial charge in [-0.3, -0.25) is 4.79 Å². The molecule has 0 aliphatic rings. The number of nitrogens with one attached hydrogen (secondary N) is 1. The van der Waals surface area contributed by atoms with Crippen molar-refractivity contribution in [3.63, 3.8) is 0 Å². The largest absolute Gasteiger partial charge is 0.325 e. The van der Waals surface area contributed by atoms with E-state index in [4.69, 9.17) is 0 Å². The van der Waals surface area contributed by atoms with Gasteiger partial charge >= 0.3 is 0 Å². The quantitative estimate of drug-likeness (QED) is 0.715. The molecule has 2 rings (SSSR count). The lowest BCUT2D eigenvalue weighted by Gasteiger charge is -2.19. The van der Waals surface area contributed by atoms with Gasteiger partial charge in [0.2, 0.25) is 5.91 Å². The predicted molar refractivity (Wildman–Crippen MR) is 98.1 cm³/mol. The Morgan fingerprint density at radius 2 is 1.50 bits per heavy atom. The van der Waals surface area contributed by atoms with Crippen molar-refractivity contribution in [2.45, 2.75) is 36.0 Å². The van der Waals surface area contributed by atoms with Crippen LogP contribution in [0.15, 0.2) is 58.3 Å². The molecular weight excluding hydrogens is 358 g/mol. The maximum Gasteiger partial charge on any atom is 0.235 e. The van der Waals surface area contributed by atoms with E-state index in [1.807, 2.05) is 24.3 Å². The van der Waals surface area contributed by atoms with Crippen LogP contribution in [0.3, 0.4) is 0 Å². The molecule has 1 N–H and O–H groups in total. The van der Waals surface area contributed by atoms with E-state index in [1.54, 1.807) is 11.8 Å². The fraction of sp³-hybridized carbons (Fsp3) is 0.278. The van der Waals surface area contributed by atoms with Crippen LogP contribution in [0.2, 0.25) is 0 Å². The summed E-state index contributed by atoms with van der Waals surface area (Å²) in [5, 5.41) is 3.12. The van der Waals surface area contributed by atoms with Gasteiger partial charge in [0.1, 0.15) is 0 Å². The number of hydrogen-bond acceptors (Lipinski definition) is 2. The van der Waals surface area contributed by atoms with Gasteiger partial charge in [0.15, 0.2) is 0 Å². The molecule has 0 spiro atoms. The van der Waals surface area contributed by atoms with Crippen molar-refractivity contribution >= 4 is 39.3 Å². The second-order valence-corrected chi connectivity index (χ2v) is 7.79. The number of amides is 1. The molecule has 2 aromatic carbocycles. The molecule has 1 amide bonds. The van der Waals surface area contributed by atoms with E-state index in [1.165, 1.54) is 10.5 Å². The second-order valence-electron chi connectivity index (χ2n) is 6.08. The molecule has 0 bridgehead atoms. The Morgan fingerprint density at radius 1 is 1.00 bits per heavy atom. The van der Waals surface area contributed by atoms with Crippen LogP contribution in [0.1, 0.15) is 26.3 Å². The summed E-state index contributed by atoms with van der Waals surface area (Å²) in [6.45, 7) is 6.65. The molecule has 0 aliphatic heterocycles. The molecule has 0 saturated heterocycles. The molecule has 0 radical (unpaired) electrons. The highest BCUT2D eigenvalue weighted by Crippen LogP contribution is 2.30. The zero-order valence-electron chi connectivity index (χ0n) is 13.0. The first kappa shape index (κ1) is 17.1. The minimum absolute atomic E-state index is 0.0434. The zero-order chi connectivity index (χ0) is 16.2. The average Bonchev–Trinajstić information content (AvgIpc) is 2.49. The fourth-order valence-electron chi connectivity index (χ4n) is 1.96. The molecule has 0 fully saturated rings. The summed E-state index contributed by atoms with van der Waals surface area (Å²) in [5.41, 5.74) is 2.33. The molecule has 0 heterocycles. The highest BCUT2D eigenvalue weighted by molar-refractivity contribution is 9.09. The topological polar surface area (TPSA) is 29.1 Å². The van der Waals surface area contributed by atoms with E-state index in [-0.39, 0.29) is 11.3 Å². The minimum atomic E-state index is -0.0434. The van der Waals surface area contributed by atoms with Crippen LogP contribution >= 0.6 is 27.7 Å².